The standard InChI is InChI=1S/C16H21FN2O4/c17-12-5-3-11(4-6-12)14-10-13(7-9-23-14)19-16(22)18-8-1-2-15(20)21/h3-6,13-14H,1-2,7-10H2,(H,20,21)(H2,18,19,22). The molecule has 2 atom stereocenters. The number of nitrogens with one attached hydrogen (secondary N) is 2. The van der Waals surface area contributed by atoms with Gasteiger partial charge in [-0.1, -0.05) is 12.1 Å². The molecule has 1 saturated heterocycles. The van der Waals surface area contributed by atoms with E-state index in [1.807, 2.05) is 0 Å². The lowest BCUT2D eigenvalue weighted by molar-refractivity contribution is -0.137. The molecule has 1 aliphatic rings. The molecule has 0 bridgehead atoms. The summed E-state index contributed by atoms with van der Waals surface area (Å²) in [7, 11) is 0. The number of hydrogen-bond acceptors (Lipinski definition) is 3. The maximum absolute atomic E-state index is 13.0. The van der Waals surface area contributed by atoms with Gasteiger partial charge in [0.25, 0.3) is 0 Å². The Balaban J connectivity index is 1.76. The molecule has 0 aromatic heterocycles. The molecule has 0 radical (unpaired) electrons. The second kappa shape index (κ2) is 8.47. The molecule has 7 heteroatoms. The Hall–Kier alpha value is -2.15. The molecule has 0 spiro atoms. The van der Waals surface area contributed by atoms with E-state index in [4.69, 9.17) is 9.84 Å². The predicted octanol–water partition coefficient (Wildman–Crippen LogP) is 2.21. The van der Waals surface area contributed by atoms with Crippen LogP contribution in [-0.2, 0) is 9.53 Å². The van der Waals surface area contributed by atoms with E-state index in [2.05, 4.69) is 10.6 Å². The Labute approximate surface area is 134 Å². The summed E-state index contributed by atoms with van der Waals surface area (Å²) >= 11 is 0. The van der Waals surface area contributed by atoms with Gasteiger partial charge in [-0.15, -0.1) is 0 Å². The van der Waals surface area contributed by atoms with Gasteiger partial charge in [-0.3, -0.25) is 4.79 Å². The Morgan fingerprint density at radius 2 is 2.04 bits per heavy atom. The third-order valence-corrected chi connectivity index (χ3v) is 3.71. The Bertz CT molecular complexity index is 535. The number of halogens is 1. The van der Waals surface area contributed by atoms with Crippen molar-refractivity contribution in [2.75, 3.05) is 13.2 Å². The lowest BCUT2D eigenvalue weighted by Gasteiger charge is -2.30. The number of rotatable bonds is 6. The van der Waals surface area contributed by atoms with Gasteiger partial charge < -0.3 is 20.5 Å². The van der Waals surface area contributed by atoms with Crippen LogP contribution in [0.2, 0.25) is 0 Å². The van der Waals surface area contributed by atoms with Crippen molar-refractivity contribution < 1.29 is 23.8 Å². The van der Waals surface area contributed by atoms with Crippen LogP contribution in [0.25, 0.3) is 0 Å². The van der Waals surface area contributed by atoms with Crippen LogP contribution in [-0.4, -0.2) is 36.3 Å². The van der Waals surface area contributed by atoms with E-state index in [0.717, 1.165) is 5.56 Å². The Morgan fingerprint density at radius 1 is 1.30 bits per heavy atom. The lowest BCUT2D eigenvalue weighted by atomic mass is 9.97. The molecule has 1 aromatic rings. The fraction of sp³-hybridized carbons (Fsp3) is 0.500. The molecular formula is C16H21FN2O4. The normalized spacial score (nSPS) is 20.7. The summed E-state index contributed by atoms with van der Waals surface area (Å²) in [6, 6.07) is 5.83. The minimum Gasteiger partial charge on any atom is -0.481 e. The van der Waals surface area contributed by atoms with Crippen molar-refractivity contribution in [3.8, 4) is 0 Å². The number of carboxylic acid groups (broad SMARTS) is 1. The minimum atomic E-state index is -0.876. The van der Waals surface area contributed by atoms with Crippen molar-refractivity contribution in [1.29, 1.82) is 0 Å². The number of hydrogen-bond donors (Lipinski definition) is 3. The zero-order valence-corrected chi connectivity index (χ0v) is 12.8. The van der Waals surface area contributed by atoms with Gasteiger partial charge in [0.15, 0.2) is 0 Å². The van der Waals surface area contributed by atoms with Crippen LogP contribution in [0, 0.1) is 5.82 Å². The molecule has 2 amide bonds. The van der Waals surface area contributed by atoms with Gasteiger partial charge in [-0.05, 0) is 37.0 Å². The number of carboxylic acids is 1. The second-order valence-corrected chi connectivity index (χ2v) is 5.53. The molecular weight excluding hydrogens is 303 g/mol. The largest absolute Gasteiger partial charge is 0.481 e. The highest BCUT2D eigenvalue weighted by atomic mass is 19.1. The van der Waals surface area contributed by atoms with Crippen LogP contribution in [0.4, 0.5) is 9.18 Å². The Morgan fingerprint density at radius 3 is 2.74 bits per heavy atom. The molecule has 2 unspecified atom stereocenters. The Kier molecular flexibility index (Phi) is 6.34. The van der Waals surface area contributed by atoms with Crippen LogP contribution in [0.15, 0.2) is 24.3 Å². The van der Waals surface area contributed by atoms with E-state index in [1.54, 1.807) is 12.1 Å². The monoisotopic (exact) mass is 324 g/mol. The quantitative estimate of drug-likeness (QED) is 0.700. The maximum Gasteiger partial charge on any atom is 0.315 e. The minimum absolute atomic E-state index is 0.0294. The van der Waals surface area contributed by atoms with Crippen LogP contribution in [0.1, 0.15) is 37.4 Å². The van der Waals surface area contributed by atoms with E-state index in [-0.39, 0.29) is 30.4 Å². The van der Waals surface area contributed by atoms with E-state index < -0.39 is 5.97 Å². The summed E-state index contributed by atoms with van der Waals surface area (Å²) in [5, 5.41) is 14.0. The van der Waals surface area contributed by atoms with Gasteiger partial charge in [0.1, 0.15) is 5.82 Å². The predicted molar refractivity (Wildman–Crippen MR) is 81.5 cm³/mol. The number of ether oxygens (including phenoxy) is 1. The zero-order valence-electron chi connectivity index (χ0n) is 12.8. The third kappa shape index (κ3) is 5.86. The molecule has 2 rings (SSSR count). The summed E-state index contributed by atoms with van der Waals surface area (Å²) in [6.07, 6.45) is 1.59. The molecule has 126 valence electrons. The first-order chi connectivity index (χ1) is 11.0. The van der Waals surface area contributed by atoms with Crippen LogP contribution in [0.3, 0.4) is 0 Å². The molecule has 1 heterocycles. The number of amides is 2. The fourth-order valence-electron chi connectivity index (χ4n) is 2.52. The zero-order chi connectivity index (χ0) is 16.7. The van der Waals surface area contributed by atoms with Crippen molar-refractivity contribution in [1.82, 2.24) is 10.6 Å². The number of carbonyl (C=O) groups excluding carboxylic acids is 1. The number of carbonyl (C=O) groups is 2. The fourth-order valence-corrected chi connectivity index (χ4v) is 2.52. The molecule has 1 aliphatic heterocycles. The summed E-state index contributed by atoms with van der Waals surface area (Å²) in [4.78, 5) is 22.2. The highest BCUT2D eigenvalue weighted by Crippen LogP contribution is 2.28. The lowest BCUT2D eigenvalue weighted by Crippen LogP contribution is -2.45. The third-order valence-electron chi connectivity index (χ3n) is 3.71. The van der Waals surface area contributed by atoms with Crippen molar-refractivity contribution in [2.24, 2.45) is 0 Å². The van der Waals surface area contributed by atoms with Gasteiger partial charge in [-0.25, -0.2) is 9.18 Å². The molecule has 1 fully saturated rings. The van der Waals surface area contributed by atoms with Gasteiger partial charge >= 0.3 is 12.0 Å². The molecule has 6 nitrogen and oxygen atoms in total. The second-order valence-electron chi connectivity index (χ2n) is 5.53. The molecule has 0 aliphatic carbocycles. The van der Waals surface area contributed by atoms with Crippen LogP contribution < -0.4 is 10.6 Å². The van der Waals surface area contributed by atoms with Crippen molar-refractivity contribution in [3.05, 3.63) is 35.6 Å². The number of benzene rings is 1. The molecule has 1 aromatic carbocycles. The number of urea groups is 1. The smallest absolute Gasteiger partial charge is 0.315 e. The molecule has 23 heavy (non-hydrogen) atoms. The highest BCUT2D eigenvalue weighted by Gasteiger charge is 2.25. The summed E-state index contributed by atoms with van der Waals surface area (Å²) in [6.45, 7) is 0.842. The van der Waals surface area contributed by atoms with E-state index in [0.29, 0.717) is 32.4 Å². The average Bonchev–Trinajstić information content (AvgIpc) is 2.52. The van der Waals surface area contributed by atoms with Crippen molar-refractivity contribution >= 4 is 12.0 Å². The van der Waals surface area contributed by atoms with E-state index in [1.165, 1.54) is 12.1 Å². The first kappa shape index (κ1) is 17.2. The van der Waals surface area contributed by atoms with E-state index in [9.17, 15) is 14.0 Å². The van der Waals surface area contributed by atoms with Gasteiger partial charge in [0.2, 0.25) is 0 Å². The number of aliphatic carboxylic acids is 1. The summed E-state index contributed by atoms with van der Waals surface area (Å²) in [5.74, 6) is -1.17. The average molecular weight is 324 g/mol. The first-order valence-electron chi connectivity index (χ1n) is 7.68. The SMILES string of the molecule is O=C(O)CCCNC(=O)NC1CCOC(c2ccc(F)cc2)C1. The van der Waals surface area contributed by atoms with Crippen LogP contribution >= 0.6 is 0 Å². The topological polar surface area (TPSA) is 87.7 Å². The first-order valence-corrected chi connectivity index (χ1v) is 7.68. The van der Waals surface area contributed by atoms with Gasteiger partial charge in [0.05, 0.1) is 6.10 Å². The van der Waals surface area contributed by atoms with Crippen molar-refractivity contribution in [3.63, 3.8) is 0 Å². The van der Waals surface area contributed by atoms with Gasteiger partial charge in [-0.2, -0.15) is 0 Å². The van der Waals surface area contributed by atoms with Crippen molar-refractivity contribution in [2.45, 2.75) is 37.8 Å². The molecule has 0 saturated carbocycles. The summed E-state index contributed by atoms with van der Waals surface area (Å²) in [5.41, 5.74) is 0.889. The van der Waals surface area contributed by atoms with Gasteiger partial charge in [0, 0.05) is 25.6 Å². The van der Waals surface area contributed by atoms with E-state index >= 15 is 0 Å². The maximum atomic E-state index is 13.0. The van der Waals surface area contributed by atoms with Crippen LogP contribution in [0.5, 0.6) is 0 Å². The highest BCUT2D eigenvalue weighted by molar-refractivity contribution is 5.74. The summed E-state index contributed by atoms with van der Waals surface area (Å²) < 4.78 is 18.6. The molecule has 3 N–H and O–H groups in total.